The van der Waals surface area contributed by atoms with Crippen LogP contribution in [0.1, 0.15) is 56.6 Å². The Hall–Kier alpha value is -0.340. The molecule has 1 aliphatic rings. The molecule has 19 heavy (non-hydrogen) atoms. The summed E-state index contributed by atoms with van der Waals surface area (Å²) in [4.78, 5) is 2.68. The highest BCUT2D eigenvalue weighted by atomic mass is 79.9. The molecule has 1 aromatic carbocycles. The molecule has 1 nitrogen and oxygen atoms in total. The van der Waals surface area contributed by atoms with Gasteiger partial charge in [0.05, 0.1) is 0 Å². The zero-order valence-corrected chi connectivity index (χ0v) is 13.8. The second-order valence-electron chi connectivity index (χ2n) is 5.99. The molecule has 0 bridgehead atoms. The smallest absolute Gasteiger partial charge is 0.0236 e. The number of rotatable bonds is 7. The van der Waals surface area contributed by atoms with E-state index in [4.69, 9.17) is 0 Å². The molecule has 0 aliphatic heterocycles. The molecule has 106 valence electrons. The highest BCUT2D eigenvalue weighted by molar-refractivity contribution is 9.09. The Kier molecular flexibility index (Phi) is 5.90. The fourth-order valence-corrected chi connectivity index (χ4v) is 2.90. The Morgan fingerprint density at radius 1 is 1.21 bits per heavy atom. The zero-order chi connectivity index (χ0) is 13.7. The summed E-state index contributed by atoms with van der Waals surface area (Å²) in [7, 11) is 0. The van der Waals surface area contributed by atoms with E-state index < -0.39 is 0 Å². The lowest BCUT2D eigenvalue weighted by Crippen LogP contribution is -2.40. The fourth-order valence-electron chi connectivity index (χ4n) is 2.65. The van der Waals surface area contributed by atoms with Crippen molar-refractivity contribution in [2.24, 2.45) is 0 Å². The summed E-state index contributed by atoms with van der Waals surface area (Å²) in [5, 5.41) is 1.11. The van der Waals surface area contributed by atoms with Gasteiger partial charge in [0.1, 0.15) is 0 Å². The maximum atomic E-state index is 3.55. The number of hydrogen-bond donors (Lipinski definition) is 0. The third-order valence-corrected chi connectivity index (χ3v) is 4.76. The minimum absolute atomic E-state index is 0.630. The van der Waals surface area contributed by atoms with E-state index in [1.807, 2.05) is 0 Å². The van der Waals surface area contributed by atoms with Crippen molar-refractivity contribution in [3.8, 4) is 0 Å². The van der Waals surface area contributed by atoms with E-state index in [9.17, 15) is 0 Å². The van der Waals surface area contributed by atoms with Gasteiger partial charge in [-0.15, -0.1) is 0 Å². The number of benzene rings is 1. The first-order chi connectivity index (χ1) is 9.20. The highest BCUT2D eigenvalue weighted by Gasteiger charge is 2.24. The Labute approximate surface area is 126 Å². The molecule has 0 amide bonds. The highest BCUT2D eigenvalue weighted by Crippen LogP contribution is 2.26. The van der Waals surface area contributed by atoms with Crippen molar-refractivity contribution < 1.29 is 0 Å². The predicted octanol–water partition coefficient (Wildman–Crippen LogP) is 4.95. The van der Waals surface area contributed by atoms with E-state index in [1.54, 1.807) is 0 Å². The molecule has 0 atom stereocenters. The third kappa shape index (κ3) is 4.32. The molecule has 1 fully saturated rings. The van der Waals surface area contributed by atoms with Gasteiger partial charge in [0.25, 0.3) is 0 Å². The van der Waals surface area contributed by atoms with Crippen molar-refractivity contribution in [2.75, 3.05) is 11.9 Å². The average Bonchev–Trinajstić information content (AvgIpc) is 2.34. The van der Waals surface area contributed by atoms with Gasteiger partial charge in [0, 0.05) is 17.9 Å². The van der Waals surface area contributed by atoms with Crippen molar-refractivity contribution in [2.45, 2.75) is 58.0 Å². The lowest BCUT2D eigenvalue weighted by molar-refractivity contribution is 0.120. The van der Waals surface area contributed by atoms with E-state index in [2.05, 4.69) is 58.9 Å². The number of nitrogens with zero attached hydrogens (tertiary/aromatic N) is 1. The standard InChI is InChI=1S/C17H26BrN/c1-14(2)16-9-7-15(8-10-16)13-19(12-4-11-18)17-5-3-6-17/h7-10,14,17H,3-6,11-13H2,1-2H3. The van der Waals surface area contributed by atoms with Crippen molar-refractivity contribution in [1.29, 1.82) is 0 Å². The lowest BCUT2D eigenvalue weighted by Gasteiger charge is -2.37. The van der Waals surface area contributed by atoms with Gasteiger partial charge in [0.15, 0.2) is 0 Å². The van der Waals surface area contributed by atoms with Crippen LogP contribution in [0.4, 0.5) is 0 Å². The van der Waals surface area contributed by atoms with Gasteiger partial charge in [-0.2, -0.15) is 0 Å². The quantitative estimate of drug-likeness (QED) is 0.642. The summed E-state index contributed by atoms with van der Waals surface area (Å²) in [6.07, 6.45) is 5.46. The summed E-state index contributed by atoms with van der Waals surface area (Å²) in [6.45, 7) is 6.86. The van der Waals surface area contributed by atoms with Crippen LogP contribution in [0.2, 0.25) is 0 Å². The molecule has 1 aromatic rings. The Morgan fingerprint density at radius 3 is 2.37 bits per heavy atom. The topological polar surface area (TPSA) is 3.24 Å². The van der Waals surface area contributed by atoms with E-state index in [0.29, 0.717) is 5.92 Å². The molecule has 0 unspecified atom stereocenters. The van der Waals surface area contributed by atoms with Crippen LogP contribution in [0, 0.1) is 0 Å². The van der Waals surface area contributed by atoms with Gasteiger partial charge in [-0.3, -0.25) is 4.90 Å². The van der Waals surface area contributed by atoms with Crippen molar-refractivity contribution >= 4 is 15.9 Å². The number of hydrogen-bond acceptors (Lipinski definition) is 1. The summed E-state index contributed by atoms with van der Waals surface area (Å²) < 4.78 is 0. The fraction of sp³-hybridized carbons (Fsp3) is 0.647. The van der Waals surface area contributed by atoms with Crippen molar-refractivity contribution in [3.05, 3.63) is 35.4 Å². The maximum absolute atomic E-state index is 3.55. The van der Waals surface area contributed by atoms with Crippen LogP contribution < -0.4 is 0 Å². The van der Waals surface area contributed by atoms with Crippen LogP contribution in [-0.4, -0.2) is 22.8 Å². The Balaban J connectivity index is 1.95. The van der Waals surface area contributed by atoms with E-state index in [-0.39, 0.29) is 0 Å². The van der Waals surface area contributed by atoms with Crippen LogP contribution in [0.25, 0.3) is 0 Å². The zero-order valence-electron chi connectivity index (χ0n) is 12.2. The van der Waals surface area contributed by atoms with Gasteiger partial charge in [-0.05, 0) is 42.9 Å². The maximum Gasteiger partial charge on any atom is 0.0236 e. The van der Waals surface area contributed by atoms with Crippen LogP contribution in [0.3, 0.4) is 0 Å². The lowest BCUT2D eigenvalue weighted by atomic mass is 9.91. The minimum Gasteiger partial charge on any atom is -0.296 e. The van der Waals surface area contributed by atoms with Gasteiger partial charge in [-0.1, -0.05) is 60.5 Å². The second kappa shape index (κ2) is 7.44. The summed E-state index contributed by atoms with van der Waals surface area (Å²) in [6, 6.07) is 10.1. The number of alkyl halides is 1. The van der Waals surface area contributed by atoms with Gasteiger partial charge in [-0.25, -0.2) is 0 Å². The molecule has 0 N–H and O–H groups in total. The first kappa shape index (κ1) is 15.1. The van der Waals surface area contributed by atoms with Crippen LogP contribution in [-0.2, 0) is 6.54 Å². The molecule has 2 heteroatoms. The molecule has 1 aliphatic carbocycles. The summed E-state index contributed by atoms with van der Waals surface area (Å²) >= 11 is 3.55. The third-order valence-electron chi connectivity index (χ3n) is 4.20. The Bertz CT molecular complexity index is 367. The average molecular weight is 324 g/mol. The van der Waals surface area contributed by atoms with Gasteiger partial charge < -0.3 is 0 Å². The first-order valence-corrected chi connectivity index (χ1v) is 8.71. The molecule has 0 saturated heterocycles. The van der Waals surface area contributed by atoms with Gasteiger partial charge in [0.2, 0.25) is 0 Å². The summed E-state index contributed by atoms with van der Waals surface area (Å²) in [5.41, 5.74) is 2.91. The minimum atomic E-state index is 0.630. The molecule has 0 radical (unpaired) electrons. The van der Waals surface area contributed by atoms with E-state index in [1.165, 1.54) is 43.4 Å². The van der Waals surface area contributed by atoms with E-state index >= 15 is 0 Å². The SMILES string of the molecule is CC(C)c1ccc(CN(CCCBr)C2CCC2)cc1. The second-order valence-corrected chi connectivity index (χ2v) is 6.79. The normalized spacial score (nSPS) is 16.1. The molecular formula is C17H26BrN. The molecule has 1 saturated carbocycles. The largest absolute Gasteiger partial charge is 0.296 e. The molecule has 0 spiro atoms. The molecule has 2 rings (SSSR count). The predicted molar refractivity (Wildman–Crippen MR) is 87.0 cm³/mol. The van der Waals surface area contributed by atoms with Crippen molar-refractivity contribution in [3.63, 3.8) is 0 Å². The first-order valence-electron chi connectivity index (χ1n) is 7.59. The Morgan fingerprint density at radius 2 is 1.89 bits per heavy atom. The van der Waals surface area contributed by atoms with Crippen molar-refractivity contribution in [1.82, 2.24) is 4.90 Å². The van der Waals surface area contributed by atoms with Crippen LogP contribution in [0.15, 0.2) is 24.3 Å². The molecule has 0 heterocycles. The monoisotopic (exact) mass is 323 g/mol. The van der Waals surface area contributed by atoms with Crippen LogP contribution >= 0.6 is 15.9 Å². The number of halogens is 1. The van der Waals surface area contributed by atoms with E-state index in [0.717, 1.165) is 17.9 Å². The molecule has 0 aromatic heterocycles. The molecular weight excluding hydrogens is 298 g/mol. The van der Waals surface area contributed by atoms with Crippen LogP contribution in [0.5, 0.6) is 0 Å². The summed E-state index contributed by atoms with van der Waals surface area (Å²) in [5.74, 6) is 0.630. The van der Waals surface area contributed by atoms with Gasteiger partial charge >= 0.3 is 0 Å².